The summed E-state index contributed by atoms with van der Waals surface area (Å²) >= 11 is 0. The largest absolute Gasteiger partial charge is 0.383 e. The average molecular weight is 262 g/mol. The highest BCUT2D eigenvalue weighted by atomic mass is 16.5. The van der Waals surface area contributed by atoms with Crippen LogP contribution in [0.4, 0.5) is 5.69 Å². The molecule has 0 aliphatic carbocycles. The lowest BCUT2D eigenvalue weighted by molar-refractivity contribution is 0.0731. The Hall–Kier alpha value is -1.06. The van der Waals surface area contributed by atoms with Gasteiger partial charge in [-0.05, 0) is 37.0 Å². The average Bonchev–Trinajstić information content (AvgIpc) is 2.40. The topological polar surface area (TPSA) is 33.3 Å². The van der Waals surface area contributed by atoms with Crippen molar-refractivity contribution in [2.75, 3.05) is 25.1 Å². The first-order valence-corrected chi connectivity index (χ1v) is 7.33. The summed E-state index contributed by atoms with van der Waals surface area (Å²) in [5.74, 6) is 0.593. The van der Waals surface area contributed by atoms with Gasteiger partial charge in [-0.25, -0.2) is 0 Å². The first-order valence-electron chi connectivity index (χ1n) is 7.33. The Bertz CT molecular complexity index is 369. The van der Waals surface area contributed by atoms with E-state index in [9.17, 15) is 0 Å². The van der Waals surface area contributed by atoms with Gasteiger partial charge in [0.1, 0.15) is 0 Å². The van der Waals surface area contributed by atoms with Crippen LogP contribution in [0, 0.1) is 0 Å². The van der Waals surface area contributed by atoms with Crippen molar-refractivity contribution in [3.8, 4) is 0 Å². The van der Waals surface area contributed by atoms with E-state index in [4.69, 9.17) is 4.74 Å². The zero-order valence-electron chi connectivity index (χ0n) is 12.3. The molecule has 3 heteroatoms. The number of hydrogen-bond acceptors (Lipinski definition) is 3. The maximum atomic E-state index is 5.48. The van der Waals surface area contributed by atoms with E-state index in [2.05, 4.69) is 55.7 Å². The number of morpholine rings is 1. The minimum Gasteiger partial charge on any atom is -0.383 e. The summed E-state index contributed by atoms with van der Waals surface area (Å²) in [6.45, 7) is 9.32. The lowest BCUT2D eigenvalue weighted by Crippen LogP contribution is -2.43. The number of anilines is 1. The highest BCUT2D eigenvalue weighted by Gasteiger charge is 2.16. The molecule has 0 bridgehead atoms. The summed E-state index contributed by atoms with van der Waals surface area (Å²) in [6.07, 6.45) is 1.09. The highest BCUT2D eigenvalue weighted by Crippen LogP contribution is 2.18. The molecule has 0 amide bonds. The molecular weight excluding hydrogens is 236 g/mol. The van der Waals surface area contributed by atoms with Gasteiger partial charge in [0.15, 0.2) is 0 Å². The van der Waals surface area contributed by atoms with Gasteiger partial charge >= 0.3 is 0 Å². The highest BCUT2D eigenvalue weighted by molar-refractivity contribution is 5.45. The van der Waals surface area contributed by atoms with Crippen molar-refractivity contribution in [3.05, 3.63) is 29.8 Å². The Labute approximate surface area is 116 Å². The van der Waals surface area contributed by atoms with Gasteiger partial charge in [0.25, 0.3) is 0 Å². The molecule has 1 aliphatic heterocycles. The van der Waals surface area contributed by atoms with Crippen molar-refractivity contribution in [3.63, 3.8) is 0 Å². The van der Waals surface area contributed by atoms with E-state index < -0.39 is 0 Å². The Morgan fingerprint density at radius 2 is 2.00 bits per heavy atom. The van der Waals surface area contributed by atoms with E-state index >= 15 is 0 Å². The van der Waals surface area contributed by atoms with Crippen LogP contribution < -0.4 is 10.6 Å². The van der Waals surface area contributed by atoms with E-state index in [0.717, 1.165) is 26.2 Å². The molecule has 1 saturated heterocycles. The van der Waals surface area contributed by atoms with Gasteiger partial charge in [-0.15, -0.1) is 0 Å². The van der Waals surface area contributed by atoms with Gasteiger partial charge < -0.3 is 15.4 Å². The van der Waals surface area contributed by atoms with Crippen LogP contribution in [0.15, 0.2) is 24.3 Å². The third-order valence-electron chi connectivity index (χ3n) is 3.63. The molecule has 0 radical (unpaired) electrons. The Morgan fingerprint density at radius 1 is 1.26 bits per heavy atom. The van der Waals surface area contributed by atoms with Crippen molar-refractivity contribution in [2.45, 2.75) is 45.2 Å². The zero-order chi connectivity index (χ0) is 13.7. The fraction of sp³-hybridized carbons (Fsp3) is 0.625. The summed E-state index contributed by atoms with van der Waals surface area (Å²) in [4.78, 5) is 0. The van der Waals surface area contributed by atoms with Gasteiger partial charge in [-0.3, -0.25) is 0 Å². The Kier molecular flexibility index (Phi) is 5.23. The van der Waals surface area contributed by atoms with Gasteiger partial charge in [-0.1, -0.05) is 26.0 Å². The number of benzene rings is 1. The fourth-order valence-corrected chi connectivity index (χ4v) is 2.51. The van der Waals surface area contributed by atoms with E-state index in [1.54, 1.807) is 0 Å². The van der Waals surface area contributed by atoms with Crippen molar-refractivity contribution < 1.29 is 4.74 Å². The van der Waals surface area contributed by atoms with Crippen LogP contribution in [0.5, 0.6) is 0 Å². The van der Waals surface area contributed by atoms with Crippen molar-refractivity contribution in [1.82, 2.24) is 5.32 Å². The minimum absolute atomic E-state index is 0.448. The van der Waals surface area contributed by atoms with E-state index in [1.165, 1.54) is 11.3 Å². The third-order valence-corrected chi connectivity index (χ3v) is 3.63. The second kappa shape index (κ2) is 6.92. The van der Waals surface area contributed by atoms with Crippen LogP contribution in [0.2, 0.25) is 0 Å². The van der Waals surface area contributed by atoms with E-state index in [1.807, 2.05) is 0 Å². The Morgan fingerprint density at radius 3 is 2.58 bits per heavy atom. The first-order chi connectivity index (χ1) is 9.15. The lowest BCUT2D eigenvalue weighted by atomic mass is 10.0. The molecule has 2 N–H and O–H groups in total. The molecule has 1 fully saturated rings. The quantitative estimate of drug-likeness (QED) is 0.856. The molecule has 2 unspecified atom stereocenters. The third kappa shape index (κ3) is 4.51. The molecule has 0 spiro atoms. The molecule has 106 valence electrons. The number of ether oxygens (including phenoxy) is 1. The number of nitrogens with one attached hydrogen (secondary N) is 2. The van der Waals surface area contributed by atoms with Crippen molar-refractivity contribution in [2.24, 2.45) is 0 Å². The molecule has 1 aromatic carbocycles. The predicted octanol–water partition coefficient (Wildman–Crippen LogP) is 2.99. The zero-order valence-corrected chi connectivity index (χ0v) is 12.3. The van der Waals surface area contributed by atoms with E-state index in [0.29, 0.717) is 18.0 Å². The molecule has 2 atom stereocenters. The smallest absolute Gasteiger partial charge is 0.0621 e. The lowest BCUT2D eigenvalue weighted by Gasteiger charge is -2.27. The molecule has 19 heavy (non-hydrogen) atoms. The van der Waals surface area contributed by atoms with Crippen LogP contribution in [0.1, 0.15) is 38.7 Å². The number of rotatable bonds is 5. The molecular formula is C16H26N2O. The summed E-state index contributed by atoms with van der Waals surface area (Å²) in [5, 5.41) is 7.05. The summed E-state index contributed by atoms with van der Waals surface area (Å²) < 4.78 is 5.48. The maximum absolute atomic E-state index is 5.48. The molecule has 0 saturated carbocycles. The minimum atomic E-state index is 0.448. The molecule has 1 aromatic rings. The number of hydrogen-bond donors (Lipinski definition) is 2. The second-order valence-corrected chi connectivity index (χ2v) is 5.78. The van der Waals surface area contributed by atoms with Crippen LogP contribution in [-0.4, -0.2) is 31.8 Å². The SMILES string of the molecule is CC(CC1COCCN1)Nc1ccc(C(C)C)cc1. The van der Waals surface area contributed by atoms with E-state index in [-0.39, 0.29) is 0 Å². The second-order valence-electron chi connectivity index (χ2n) is 5.78. The van der Waals surface area contributed by atoms with Crippen LogP contribution >= 0.6 is 0 Å². The van der Waals surface area contributed by atoms with Gasteiger partial charge in [0.05, 0.1) is 13.2 Å². The molecule has 3 nitrogen and oxygen atoms in total. The van der Waals surface area contributed by atoms with Crippen molar-refractivity contribution in [1.29, 1.82) is 0 Å². The summed E-state index contributed by atoms with van der Waals surface area (Å²) in [7, 11) is 0. The van der Waals surface area contributed by atoms with Crippen LogP contribution in [0.3, 0.4) is 0 Å². The predicted molar refractivity (Wildman–Crippen MR) is 80.8 cm³/mol. The van der Waals surface area contributed by atoms with Gasteiger partial charge in [0.2, 0.25) is 0 Å². The van der Waals surface area contributed by atoms with Gasteiger partial charge in [-0.2, -0.15) is 0 Å². The molecule has 2 rings (SSSR count). The van der Waals surface area contributed by atoms with Crippen LogP contribution in [0.25, 0.3) is 0 Å². The molecule has 1 heterocycles. The van der Waals surface area contributed by atoms with Gasteiger partial charge in [0, 0.05) is 24.3 Å². The Balaban J connectivity index is 1.82. The maximum Gasteiger partial charge on any atom is 0.0621 e. The monoisotopic (exact) mass is 262 g/mol. The molecule has 0 aromatic heterocycles. The fourth-order valence-electron chi connectivity index (χ4n) is 2.51. The molecule has 1 aliphatic rings. The van der Waals surface area contributed by atoms with Crippen molar-refractivity contribution >= 4 is 5.69 Å². The summed E-state index contributed by atoms with van der Waals surface area (Å²) in [5.41, 5.74) is 2.59. The van der Waals surface area contributed by atoms with Crippen LogP contribution in [-0.2, 0) is 4.74 Å². The normalized spacial score (nSPS) is 21.4. The standard InChI is InChI=1S/C16H26N2O/c1-12(2)14-4-6-15(7-5-14)18-13(3)10-16-11-19-9-8-17-16/h4-7,12-13,16-18H,8-11H2,1-3H3. The first kappa shape index (κ1) is 14.4. The summed E-state index contributed by atoms with van der Waals surface area (Å²) in [6, 6.07) is 9.70.